The van der Waals surface area contributed by atoms with Crippen LogP contribution < -0.4 is 5.56 Å². The molecule has 1 fully saturated rings. The molecule has 1 amide bonds. The van der Waals surface area contributed by atoms with E-state index in [1.165, 1.54) is 4.57 Å². The third-order valence-corrected chi connectivity index (χ3v) is 6.97. The Balaban J connectivity index is 1.53. The second-order valence-corrected chi connectivity index (χ2v) is 8.68. The van der Waals surface area contributed by atoms with E-state index in [4.69, 9.17) is 17.2 Å². The molecular weight excluding hydrogens is 404 g/mol. The number of fused-ring (bicyclic) bond motifs is 2. The van der Waals surface area contributed by atoms with Crippen molar-refractivity contribution in [3.05, 3.63) is 68.2 Å². The Bertz CT molecular complexity index is 1350. The lowest BCUT2D eigenvalue weighted by molar-refractivity contribution is 0.0735. The molecule has 2 aromatic carbocycles. The highest BCUT2D eigenvalue weighted by molar-refractivity contribution is 7.71. The van der Waals surface area contributed by atoms with Gasteiger partial charge in [0, 0.05) is 19.2 Å². The number of likely N-dealkylation sites (tertiary alicyclic amines) is 1. The lowest BCUT2D eigenvalue weighted by atomic mass is 10.1. The molecule has 29 heavy (non-hydrogen) atoms. The maximum atomic E-state index is 13.3. The first kappa shape index (κ1) is 18.2. The van der Waals surface area contributed by atoms with Crippen molar-refractivity contribution in [3.63, 3.8) is 0 Å². The molecule has 146 valence electrons. The van der Waals surface area contributed by atoms with E-state index in [1.54, 1.807) is 36.6 Å². The maximum Gasteiger partial charge on any atom is 0.261 e. The number of aromatic nitrogens is 3. The van der Waals surface area contributed by atoms with Gasteiger partial charge in [-0.15, -0.1) is 11.3 Å². The Morgan fingerprint density at radius 1 is 1.28 bits per heavy atom. The molecule has 8 heteroatoms. The molecule has 1 N–H and O–H groups in total. The largest absolute Gasteiger partial charge is 0.332 e. The molecule has 0 radical (unpaired) electrons. The fraction of sp³-hybridized carbons (Fsp3) is 0.238. The number of hydrogen-bond donors (Lipinski definition) is 1. The predicted molar refractivity (Wildman–Crippen MR) is 117 cm³/mol. The van der Waals surface area contributed by atoms with E-state index in [0.717, 1.165) is 28.1 Å². The number of carbonyl (C=O) groups is 1. The van der Waals surface area contributed by atoms with Crippen molar-refractivity contribution < 1.29 is 4.79 Å². The molecule has 0 spiro atoms. The molecule has 6 nitrogen and oxygen atoms in total. The van der Waals surface area contributed by atoms with Crippen molar-refractivity contribution in [1.82, 2.24) is 19.4 Å². The lowest BCUT2D eigenvalue weighted by Crippen LogP contribution is -2.30. The minimum atomic E-state index is -0.170. The van der Waals surface area contributed by atoms with Crippen LogP contribution in [0.4, 0.5) is 0 Å². The van der Waals surface area contributed by atoms with Gasteiger partial charge in [-0.1, -0.05) is 12.1 Å². The van der Waals surface area contributed by atoms with Crippen molar-refractivity contribution in [2.75, 3.05) is 6.54 Å². The van der Waals surface area contributed by atoms with E-state index in [-0.39, 0.29) is 17.5 Å². The van der Waals surface area contributed by atoms with Gasteiger partial charge in [0.2, 0.25) is 0 Å². The quantitative estimate of drug-likeness (QED) is 0.492. The Morgan fingerprint density at radius 2 is 2.10 bits per heavy atom. The average molecular weight is 423 g/mol. The standard InChI is InChI=1S/C21H18N4O2S2/c1-24-20(27)13-9-8-12(11-15(13)23-21(24)28)19(26)25-10-4-6-16(25)18-22-14-5-2-3-7-17(14)29-18/h2-3,5,7-9,11,16H,4,6,10H2,1H3,(H,23,28). The van der Waals surface area contributed by atoms with E-state index in [0.29, 0.717) is 27.8 Å². The number of thiazole rings is 1. The van der Waals surface area contributed by atoms with Gasteiger partial charge in [0.15, 0.2) is 4.77 Å². The fourth-order valence-electron chi connectivity index (χ4n) is 3.90. The highest BCUT2D eigenvalue weighted by atomic mass is 32.1. The monoisotopic (exact) mass is 422 g/mol. The molecule has 2 aromatic heterocycles. The summed E-state index contributed by atoms with van der Waals surface area (Å²) in [4.78, 5) is 35.4. The number of nitrogens with zero attached hydrogens (tertiary/aromatic N) is 3. The van der Waals surface area contributed by atoms with Crippen LogP contribution >= 0.6 is 23.6 Å². The topological polar surface area (TPSA) is 71.0 Å². The summed E-state index contributed by atoms with van der Waals surface area (Å²) in [6.45, 7) is 0.698. The van der Waals surface area contributed by atoms with E-state index in [1.807, 2.05) is 23.1 Å². The van der Waals surface area contributed by atoms with E-state index in [2.05, 4.69) is 11.1 Å². The SMILES string of the molecule is Cn1c(=S)[nH]c2cc(C(=O)N3CCCC3c3nc4ccccc4s3)ccc2c1=O. The highest BCUT2D eigenvalue weighted by Gasteiger charge is 2.33. The van der Waals surface area contributed by atoms with Crippen LogP contribution in [0.3, 0.4) is 0 Å². The Morgan fingerprint density at radius 3 is 2.93 bits per heavy atom. The van der Waals surface area contributed by atoms with Crippen LogP contribution in [0.15, 0.2) is 47.3 Å². The number of hydrogen-bond acceptors (Lipinski definition) is 5. The lowest BCUT2D eigenvalue weighted by Gasteiger charge is -2.23. The Hall–Kier alpha value is -2.84. The van der Waals surface area contributed by atoms with Gasteiger partial charge in [0.25, 0.3) is 11.5 Å². The maximum absolute atomic E-state index is 13.3. The summed E-state index contributed by atoms with van der Waals surface area (Å²) >= 11 is 6.85. The summed E-state index contributed by atoms with van der Waals surface area (Å²) < 4.78 is 2.86. The van der Waals surface area contributed by atoms with Crippen LogP contribution in [0.25, 0.3) is 21.1 Å². The molecular formula is C21H18N4O2S2. The van der Waals surface area contributed by atoms with Crippen molar-refractivity contribution >= 4 is 50.6 Å². The number of rotatable bonds is 2. The molecule has 3 heterocycles. The number of benzene rings is 2. The molecule has 0 aliphatic carbocycles. The molecule has 5 rings (SSSR count). The van der Waals surface area contributed by atoms with Gasteiger partial charge in [0.1, 0.15) is 5.01 Å². The molecule has 1 saturated heterocycles. The number of nitrogens with one attached hydrogen (secondary N) is 1. The summed E-state index contributed by atoms with van der Waals surface area (Å²) in [5, 5.41) is 1.49. The molecule has 1 aliphatic heterocycles. The van der Waals surface area contributed by atoms with Crippen LogP contribution in [-0.4, -0.2) is 31.9 Å². The van der Waals surface area contributed by atoms with Crippen LogP contribution in [0, 0.1) is 4.77 Å². The second kappa shape index (κ2) is 6.89. The predicted octanol–water partition coefficient (Wildman–Crippen LogP) is 4.18. The van der Waals surface area contributed by atoms with Gasteiger partial charge < -0.3 is 9.88 Å². The van der Waals surface area contributed by atoms with Crippen LogP contribution in [0.1, 0.15) is 34.2 Å². The van der Waals surface area contributed by atoms with E-state index >= 15 is 0 Å². The van der Waals surface area contributed by atoms with Gasteiger partial charge >= 0.3 is 0 Å². The van der Waals surface area contributed by atoms with E-state index < -0.39 is 0 Å². The smallest absolute Gasteiger partial charge is 0.261 e. The van der Waals surface area contributed by atoms with Crippen molar-refractivity contribution in [1.29, 1.82) is 0 Å². The van der Waals surface area contributed by atoms with Gasteiger partial charge in [-0.2, -0.15) is 0 Å². The van der Waals surface area contributed by atoms with Gasteiger partial charge in [-0.3, -0.25) is 14.2 Å². The first-order valence-corrected chi connectivity index (χ1v) is 10.6. The zero-order valence-corrected chi connectivity index (χ0v) is 17.3. The summed E-state index contributed by atoms with van der Waals surface area (Å²) in [6.07, 6.45) is 1.85. The Labute approximate surface area is 175 Å². The third kappa shape index (κ3) is 2.99. The number of amides is 1. The normalized spacial score (nSPS) is 16.7. The first-order chi connectivity index (χ1) is 14.0. The van der Waals surface area contributed by atoms with Gasteiger partial charge in [-0.05, 0) is 55.4 Å². The summed E-state index contributed by atoms with van der Waals surface area (Å²) in [5.41, 5.74) is 1.93. The summed E-state index contributed by atoms with van der Waals surface area (Å²) in [5.74, 6) is -0.0475. The summed E-state index contributed by atoms with van der Waals surface area (Å²) in [7, 11) is 1.63. The second-order valence-electron chi connectivity index (χ2n) is 7.23. The Kier molecular flexibility index (Phi) is 4.33. The van der Waals surface area contributed by atoms with Crippen LogP contribution in [0.5, 0.6) is 0 Å². The van der Waals surface area contributed by atoms with Crippen LogP contribution in [0.2, 0.25) is 0 Å². The van der Waals surface area contributed by atoms with E-state index in [9.17, 15) is 9.59 Å². The number of carbonyl (C=O) groups excluding carboxylic acids is 1. The van der Waals surface area contributed by atoms with Crippen molar-refractivity contribution in [2.24, 2.45) is 7.05 Å². The average Bonchev–Trinajstić information content (AvgIpc) is 3.37. The third-order valence-electron chi connectivity index (χ3n) is 5.46. The molecule has 1 unspecified atom stereocenters. The fourth-order valence-corrected chi connectivity index (χ4v) is 5.21. The molecule has 1 aliphatic rings. The van der Waals surface area contributed by atoms with Gasteiger partial charge in [0.05, 0.1) is 27.2 Å². The van der Waals surface area contributed by atoms with Crippen molar-refractivity contribution in [2.45, 2.75) is 18.9 Å². The minimum absolute atomic E-state index is 0.0160. The number of H-pyrrole nitrogens is 1. The number of para-hydroxylation sites is 1. The molecule has 0 saturated carbocycles. The minimum Gasteiger partial charge on any atom is -0.332 e. The highest BCUT2D eigenvalue weighted by Crippen LogP contribution is 2.37. The molecule has 0 bridgehead atoms. The first-order valence-electron chi connectivity index (χ1n) is 9.42. The molecule has 1 atom stereocenters. The summed E-state index contributed by atoms with van der Waals surface area (Å²) in [6, 6.07) is 13.2. The zero-order valence-electron chi connectivity index (χ0n) is 15.7. The van der Waals surface area contributed by atoms with Crippen molar-refractivity contribution in [3.8, 4) is 0 Å². The number of aromatic amines is 1. The van der Waals surface area contributed by atoms with Crippen LogP contribution in [-0.2, 0) is 7.05 Å². The zero-order chi connectivity index (χ0) is 20.1. The molecule has 4 aromatic rings. The van der Waals surface area contributed by atoms with Gasteiger partial charge in [-0.25, -0.2) is 4.98 Å².